The molecule has 0 radical (unpaired) electrons. The summed E-state index contributed by atoms with van der Waals surface area (Å²) in [6.45, 7) is 6.75. The second kappa shape index (κ2) is 7.31. The molecule has 0 bridgehead atoms. The molecule has 0 spiro atoms. The van der Waals surface area contributed by atoms with Crippen molar-refractivity contribution in [1.29, 1.82) is 0 Å². The lowest BCUT2D eigenvalue weighted by Crippen LogP contribution is -2.43. The molecule has 0 saturated heterocycles. The fraction of sp³-hybridized carbons (Fsp3) is 0.467. The van der Waals surface area contributed by atoms with Gasteiger partial charge in [0.15, 0.2) is 12.7 Å². The first-order valence-electron chi connectivity index (χ1n) is 6.57. The van der Waals surface area contributed by atoms with Crippen LogP contribution < -0.4 is 10.1 Å². The van der Waals surface area contributed by atoms with E-state index < -0.39 is 12.1 Å². The van der Waals surface area contributed by atoms with Gasteiger partial charge in [-0.15, -0.1) is 0 Å². The number of halogens is 1. The molecule has 0 fully saturated rings. The first kappa shape index (κ1) is 17.3. The predicted octanol–water partition coefficient (Wildman–Crippen LogP) is 2.57. The molecule has 1 rings (SSSR count). The Morgan fingerprint density at radius 3 is 2.57 bits per heavy atom. The van der Waals surface area contributed by atoms with E-state index >= 15 is 0 Å². The first-order chi connectivity index (χ1) is 9.67. The van der Waals surface area contributed by atoms with Crippen LogP contribution in [0, 0.1) is 0 Å². The molecule has 21 heavy (non-hydrogen) atoms. The zero-order valence-corrected chi connectivity index (χ0v) is 13.4. The van der Waals surface area contributed by atoms with E-state index in [0.717, 1.165) is 0 Å². The molecule has 0 saturated carbocycles. The highest BCUT2D eigenvalue weighted by Crippen LogP contribution is 2.18. The lowest BCUT2D eigenvalue weighted by atomic mass is 10.1. The molecular formula is C15H20ClNO4. The molecule has 0 aromatic heterocycles. The Hall–Kier alpha value is -1.75. The van der Waals surface area contributed by atoms with Gasteiger partial charge in [0.05, 0.1) is 0 Å². The zero-order chi connectivity index (χ0) is 16.0. The van der Waals surface area contributed by atoms with Crippen LogP contribution in [0.5, 0.6) is 5.75 Å². The number of esters is 1. The number of carbonyl (C=O) groups excluding carboxylic acids is 2. The number of hydrogen-bond acceptors (Lipinski definition) is 4. The molecule has 0 aliphatic carbocycles. The minimum Gasteiger partial charge on any atom is -0.479 e. The third kappa shape index (κ3) is 6.99. The highest BCUT2D eigenvalue weighted by Gasteiger charge is 2.19. The lowest BCUT2D eigenvalue weighted by Gasteiger charge is -2.20. The molecule has 0 aliphatic heterocycles. The number of carbonyl (C=O) groups is 2. The quantitative estimate of drug-likeness (QED) is 0.849. The summed E-state index contributed by atoms with van der Waals surface area (Å²) < 4.78 is 10.3. The number of nitrogens with one attached hydrogen (secondary N) is 1. The van der Waals surface area contributed by atoms with Crippen molar-refractivity contribution < 1.29 is 19.1 Å². The average molecular weight is 314 g/mol. The molecular weight excluding hydrogens is 294 g/mol. The van der Waals surface area contributed by atoms with Gasteiger partial charge in [0, 0.05) is 10.6 Å². The van der Waals surface area contributed by atoms with Crippen LogP contribution in [0.25, 0.3) is 0 Å². The molecule has 1 aromatic carbocycles. The van der Waals surface area contributed by atoms with Crippen molar-refractivity contribution in [2.45, 2.75) is 39.3 Å². The van der Waals surface area contributed by atoms with Gasteiger partial charge in [0.2, 0.25) is 0 Å². The predicted molar refractivity (Wildman–Crippen MR) is 80.4 cm³/mol. The van der Waals surface area contributed by atoms with Gasteiger partial charge < -0.3 is 14.8 Å². The Bertz CT molecular complexity index is 511. The zero-order valence-electron chi connectivity index (χ0n) is 12.6. The van der Waals surface area contributed by atoms with E-state index in [-0.39, 0.29) is 18.1 Å². The van der Waals surface area contributed by atoms with Crippen LogP contribution in [-0.4, -0.2) is 30.1 Å². The molecule has 1 amide bonds. The van der Waals surface area contributed by atoms with Gasteiger partial charge in [0.25, 0.3) is 5.91 Å². The monoisotopic (exact) mass is 313 g/mol. The number of amides is 1. The van der Waals surface area contributed by atoms with Crippen LogP contribution in [0.2, 0.25) is 5.02 Å². The Morgan fingerprint density at radius 1 is 1.33 bits per heavy atom. The second-order valence-corrected chi connectivity index (χ2v) is 6.06. The van der Waals surface area contributed by atoms with E-state index in [9.17, 15) is 9.59 Å². The van der Waals surface area contributed by atoms with Crippen molar-refractivity contribution in [3.63, 3.8) is 0 Å². The van der Waals surface area contributed by atoms with Crippen molar-refractivity contribution in [3.05, 3.63) is 29.3 Å². The Labute approximate surface area is 129 Å². The number of benzene rings is 1. The van der Waals surface area contributed by atoms with Gasteiger partial charge in [-0.25, -0.2) is 4.79 Å². The molecule has 1 unspecified atom stereocenters. The van der Waals surface area contributed by atoms with E-state index in [2.05, 4.69) is 5.32 Å². The normalized spacial score (nSPS) is 12.4. The summed E-state index contributed by atoms with van der Waals surface area (Å²) in [6, 6.07) is 6.69. The number of hydrogen-bond donors (Lipinski definition) is 1. The topological polar surface area (TPSA) is 64.6 Å². The number of rotatable bonds is 5. The van der Waals surface area contributed by atoms with Gasteiger partial charge in [-0.3, -0.25) is 4.79 Å². The van der Waals surface area contributed by atoms with Crippen molar-refractivity contribution in [3.8, 4) is 5.75 Å². The summed E-state index contributed by atoms with van der Waals surface area (Å²) in [5, 5.41) is 3.21. The SMILES string of the molecule is CC(Oc1cccc(Cl)c1)C(=O)OCC(=O)NC(C)(C)C. The van der Waals surface area contributed by atoms with E-state index in [1.807, 2.05) is 20.8 Å². The molecule has 116 valence electrons. The van der Waals surface area contributed by atoms with E-state index in [0.29, 0.717) is 10.8 Å². The van der Waals surface area contributed by atoms with Crippen LogP contribution >= 0.6 is 11.6 Å². The Morgan fingerprint density at radius 2 is 2.00 bits per heavy atom. The first-order valence-corrected chi connectivity index (χ1v) is 6.95. The van der Waals surface area contributed by atoms with Crippen LogP contribution in [-0.2, 0) is 14.3 Å². The van der Waals surface area contributed by atoms with Crippen molar-refractivity contribution >= 4 is 23.5 Å². The summed E-state index contributed by atoms with van der Waals surface area (Å²) in [5.74, 6) is -0.504. The maximum Gasteiger partial charge on any atom is 0.347 e. The van der Waals surface area contributed by atoms with Crippen molar-refractivity contribution in [2.24, 2.45) is 0 Å². The van der Waals surface area contributed by atoms with E-state index in [4.69, 9.17) is 21.1 Å². The van der Waals surface area contributed by atoms with Gasteiger partial charge in [-0.05, 0) is 45.9 Å². The second-order valence-electron chi connectivity index (χ2n) is 5.62. The smallest absolute Gasteiger partial charge is 0.347 e. The van der Waals surface area contributed by atoms with Crippen LogP contribution in [0.4, 0.5) is 0 Å². The molecule has 0 aliphatic rings. The largest absolute Gasteiger partial charge is 0.479 e. The van der Waals surface area contributed by atoms with E-state index in [1.54, 1.807) is 31.2 Å². The lowest BCUT2D eigenvalue weighted by molar-refractivity contribution is -0.155. The van der Waals surface area contributed by atoms with Gasteiger partial charge in [-0.2, -0.15) is 0 Å². The average Bonchev–Trinajstić information content (AvgIpc) is 2.33. The minimum absolute atomic E-state index is 0.334. The standard InChI is InChI=1S/C15H20ClNO4/c1-10(21-12-7-5-6-11(16)8-12)14(19)20-9-13(18)17-15(2,3)4/h5-8,10H,9H2,1-4H3,(H,17,18). The fourth-order valence-electron chi connectivity index (χ4n) is 1.50. The van der Waals surface area contributed by atoms with Crippen LogP contribution in [0.15, 0.2) is 24.3 Å². The Balaban J connectivity index is 2.43. The molecule has 0 heterocycles. The van der Waals surface area contributed by atoms with Crippen LogP contribution in [0.1, 0.15) is 27.7 Å². The number of ether oxygens (including phenoxy) is 2. The highest BCUT2D eigenvalue weighted by atomic mass is 35.5. The molecule has 1 N–H and O–H groups in total. The minimum atomic E-state index is -0.828. The van der Waals surface area contributed by atoms with E-state index in [1.165, 1.54) is 0 Å². The molecule has 5 nitrogen and oxygen atoms in total. The summed E-state index contributed by atoms with van der Waals surface area (Å²) in [4.78, 5) is 23.3. The van der Waals surface area contributed by atoms with Gasteiger partial charge >= 0.3 is 5.97 Å². The third-order valence-corrected chi connectivity index (χ3v) is 2.54. The fourth-order valence-corrected chi connectivity index (χ4v) is 1.68. The molecule has 1 aromatic rings. The Kier molecular flexibility index (Phi) is 6.03. The molecule has 1 atom stereocenters. The molecule has 6 heteroatoms. The van der Waals surface area contributed by atoms with Gasteiger partial charge in [-0.1, -0.05) is 17.7 Å². The van der Waals surface area contributed by atoms with Crippen molar-refractivity contribution in [1.82, 2.24) is 5.32 Å². The summed E-state index contributed by atoms with van der Waals surface area (Å²) in [6.07, 6.45) is -0.828. The summed E-state index contributed by atoms with van der Waals surface area (Å²) >= 11 is 5.82. The van der Waals surface area contributed by atoms with Gasteiger partial charge in [0.1, 0.15) is 5.75 Å². The maximum atomic E-state index is 11.7. The maximum absolute atomic E-state index is 11.7. The summed E-state index contributed by atoms with van der Waals surface area (Å²) in [5.41, 5.74) is -0.369. The highest BCUT2D eigenvalue weighted by molar-refractivity contribution is 6.30. The van der Waals surface area contributed by atoms with Crippen molar-refractivity contribution in [2.75, 3.05) is 6.61 Å². The van der Waals surface area contributed by atoms with Crippen LogP contribution in [0.3, 0.4) is 0 Å². The third-order valence-electron chi connectivity index (χ3n) is 2.30. The summed E-state index contributed by atoms with van der Waals surface area (Å²) in [7, 11) is 0.